The topological polar surface area (TPSA) is 72.6 Å². The maximum atomic E-state index is 9.39. The molecule has 0 atom stereocenters. The van der Waals surface area contributed by atoms with Gasteiger partial charge < -0.3 is 9.72 Å². The van der Waals surface area contributed by atoms with Gasteiger partial charge in [-0.2, -0.15) is 10.5 Å². The second-order valence-corrected chi connectivity index (χ2v) is 5.53. The number of aromatic nitrogens is 1. The van der Waals surface area contributed by atoms with Crippen LogP contribution in [0, 0.1) is 22.7 Å². The fraction of sp³-hybridized carbons (Fsp3) is 0.0526. The van der Waals surface area contributed by atoms with Crippen LogP contribution < -0.4 is 4.74 Å². The van der Waals surface area contributed by atoms with Gasteiger partial charge in [0.05, 0.1) is 7.11 Å². The van der Waals surface area contributed by atoms with E-state index >= 15 is 0 Å². The maximum absolute atomic E-state index is 9.39. The van der Waals surface area contributed by atoms with Crippen LogP contribution in [-0.2, 0) is 0 Å². The van der Waals surface area contributed by atoms with Crippen molar-refractivity contribution in [2.75, 3.05) is 7.11 Å². The molecule has 0 amide bonds. The summed E-state index contributed by atoms with van der Waals surface area (Å²) in [7, 11) is 1.59. The third-order valence-corrected chi connectivity index (χ3v) is 4.00. The van der Waals surface area contributed by atoms with Crippen molar-refractivity contribution in [2.45, 2.75) is 0 Å². The average Bonchev–Trinajstić information content (AvgIpc) is 3.02. The summed E-state index contributed by atoms with van der Waals surface area (Å²) in [6.45, 7) is 0. The fourth-order valence-electron chi connectivity index (χ4n) is 2.63. The predicted octanol–water partition coefficient (Wildman–Crippen LogP) is 4.68. The number of benzene rings is 2. The smallest absolute Gasteiger partial charge is 0.138 e. The van der Waals surface area contributed by atoms with Crippen molar-refractivity contribution in [1.29, 1.82) is 10.5 Å². The highest BCUT2D eigenvalue weighted by molar-refractivity contribution is 6.31. The Morgan fingerprint density at radius 3 is 2.42 bits per heavy atom. The van der Waals surface area contributed by atoms with Gasteiger partial charge >= 0.3 is 0 Å². The molecule has 116 valence electrons. The molecule has 0 aliphatic carbocycles. The molecule has 1 aromatic heterocycles. The predicted molar refractivity (Wildman–Crippen MR) is 93.6 cm³/mol. The van der Waals surface area contributed by atoms with Gasteiger partial charge in [-0.3, -0.25) is 0 Å². The monoisotopic (exact) mass is 333 g/mol. The SMILES string of the molecule is COc1ccc(C(=C(C#N)C#N)c2c[nH]c3ccc(Cl)cc23)cc1. The minimum absolute atomic E-state index is 0.0426. The normalized spacial score (nSPS) is 10.0. The average molecular weight is 334 g/mol. The zero-order valence-corrected chi connectivity index (χ0v) is 13.6. The van der Waals surface area contributed by atoms with Crippen LogP contribution in [0.2, 0.25) is 5.02 Å². The molecule has 0 aliphatic rings. The van der Waals surface area contributed by atoms with Crippen molar-refractivity contribution in [1.82, 2.24) is 4.98 Å². The summed E-state index contributed by atoms with van der Waals surface area (Å²) in [6, 6.07) is 16.7. The molecule has 0 saturated heterocycles. The molecular formula is C19H12ClN3O. The third kappa shape index (κ3) is 2.72. The van der Waals surface area contributed by atoms with E-state index in [1.165, 1.54) is 0 Å². The molecule has 3 rings (SSSR count). The van der Waals surface area contributed by atoms with Crippen LogP contribution in [0.25, 0.3) is 16.5 Å². The Labute approximate surface area is 144 Å². The molecule has 1 N–H and O–H groups in total. The van der Waals surface area contributed by atoms with Gasteiger partial charge in [-0.15, -0.1) is 0 Å². The van der Waals surface area contributed by atoms with E-state index in [-0.39, 0.29) is 5.57 Å². The summed E-state index contributed by atoms with van der Waals surface area (Å²) in [5.74, 6) is 0.704. The van der Waals surface area contributed by atoms with Crippen LogP contribution >= 0.6 is 11.6 Å². The van der Waals surface area contributed by atoms with Crippen molar-refractivity contribution in [3.8, 4) is 17.9 Å². The summed E-state index contributed by atoms with van der Waals surface area (Å²) in [6.07, 6.45) is 1.79. The zero-order chi connectivity index (χ0) is 17.1. The molecule has 0 spiro atoms. The van der Waals surface area contributed by atoms with Gasteiger partial charge in [0.15, 0.2) is 0 Å². The van der Waals surface area contributed by atoms with Gasteiger partial charge in [0.25, 0.3) is 0 Å². The summed E-state index contributed by atoms with van der Waals surface area (Å²) >= 11 is 6.11. The highest BCUT2D eigenvalue weighted by atomic mass is 35.5. The molecule has 0 unspecified atom stereocenters. The lowest BCUT2D eigenvalue weighted by Crippen LogP contribution is -1.92. The van der Waals surface area contributed by atoms with Crippen LogP contribution in [0.1, 0.15) is 11.1 Å². The molecule has 0 aliphatic heterocycles. The quantitative estimate of drug-likeness (QED) is 0.707. The van der Waals surface area contributed by atoms with E-state index < -0.39 is 0 Å². The van der Waals surface area contributed by atoms with Crippen LogP contribution in [-0.4, -0.2) is 12.1 Å². The number of halogens is 1. The Morgan fingerprint density at radius 2 is 1.79 bits per heavy atom. The van der Waals surface area contributed by atoms with E-state index in [0.29, 0.717) is 16.3 Å². The summed E-state index contributed by atoms with van der Waals surface area (Å²) < 4.78 is 5.17. The Bertz CT molecular complexity index is 1000. The molecule has 24 heavy (non-hydrogen) atoms. The summed E-state index contributed by atoms with van der Waals surface area (Å²) in [4.78, 5) is 3.15. The second kappa shape index (κ2) is 6.50. The van der Waals surface area contributed by atoms with Crippen molar-refractivity contribution in [3.63, 3.8) is 0 Å². The lowest BCUT2D eigenvalue weighted by Gasteiger charge is -2.09. The summed E-state index contributed by atoms with van der Waals surface area (Å²) in [5.41, 5.74) is 3.01. The molecule has 0 saturated carbocycles. The number of nitrogens with one attached hydrogen (secondary N) is 1. The van der Waals surface area contributed by atoms with Crippen molar-refractivity contribution in [2.24, 2.45) is 0 Å². The van der Waals surface area contributed by atoms with Gasteiger partial charge in [-0.1, -0.05) is 23.7 Å². The van der Waals surface area contributed by atoms with Crippen molar-refractivity contribution in [3.05, 3.63) is 70.4 Å². The Kier molecular flexibility index (Phi) is 4.24. The Hall–Kier alpha value is -3.21. The number of methoxy groups -OCH3 is 1. The first-order valence-electron chi connectivity index (χ1n) is 7.14. The number of nitrogens with zero attached hydrogens (tertiary/aromatic N) is 2. The number of fused-ring (bicyclic) bond motifs is 1. The van der Waals surface area contributed by atoms with Crippen molar-refractivity contribution >= 4 is 28.1 Å². The third-order valence-electron chi connectivity index (χ3n) is 3.77. The minimum Gasteiger partial charge on any atom is -0.497 e. The molecule has 3 aromatic rings. The van der Waals surface area contributed by atoms with Gasteiger partial charge in [0, 0.05) is 33.3 Å². The first-order chi connectivity index (χ1) is 11.7. The highest BCUT2D eigenvalue weighted by Crippen LogP contribution is 2.34. The van der Waals surface area contributed by atoms with Crippen LogP contribution in [0.4, 0.5) is 0 Å². The van der Waals surface area contributed by atoms with E-state index in [0.717, 1.165) is 22.0 Å². The second-order valence-electron chi connectivity index (χ2n) is 5.09. The number of H-pyrrole nitrogens is 1. The van der Waals surface area contributed by atoms with Crippen LogP contribution in [0.15, 0.2) is 54.2 Å². The molecule has 4 nitrogen and oxygen atoms in total. The summed E-state index contributed by atoms with van der Waals surface area (Å²) in [5, 5.41) is 20.2. The maximum Gasteiger partial charge on any atom is 0.138 e. The first-order valence-corrected chi connectivity index (χ1v) is 7.51. The number of aromatic amines is 1. The standard InChI is InChI=1S/C19H12ClN3O/c1-24-15-5-2-12(3-6-15)19(13(9-21)10-22)17-11-23-18-7-4-14(20)8-16(17)18/h2-8,11,23H,1H3. The molecule has 0 fully saturated rings. The largest absolute Gasteiger partial charge is 0.497 e. The molecule has 0 radical (unpaired) electrons. The van der Waals surface area contributed by atoms with Crippen LogP contribution in [0.3, 0.4) is 0 Å². The molecular weight excluding hydrogens is 322 g/mol. The molecule has 1 heterocycles. The van der Waals surface area contributed by atoms with Crippen LogP contribution in [0.5, 0.6) is 5.75 Å². The van der Waals surface area contributed by atoms with Gasteiger partial charge in [0.1, 0.15) is 23.5 Å². The van der Waals surface area contributed by atoms with Crippen molar-refractivity contribution < 1.29 is 4.74 Å². The van der Waals surface area contributed by atoms with E-state index in [2.05, 4.69) is 4.98 Å². The van der Waals surface area contributed by atoms with Gasteiger partial charge in [0.2, 0.25) is 0 Å². The number of hydrogen-bond acceptors (Lipinski definition) is 3. The van der Waals surface area contributed by atoms with Gasteiger partial charge in [-0.25, -0.2) is 0 Å². The minimum atomic E-state index is 0.0426. The molecule has 2 aromatic carbocycles. The Morgan fingerprint density at radius 1 is 1.08 bits per heavy atom. The van der Waals surface area contributed by atoms with Gasteiger partial charge in [-0.05, 0) is 35.9 Å². The number of nitriles is 2. The molecule has 5 heteroatoms. The first kappa shape index (κ1) is 15.7. The molecule has 0 bridgehead atoms. The fourth-order valence-corrected chi connectivity index (χ4v) is 2.80. The number of hydrogen-bond donors (Lipinski definition) is 1. The lowest BCUT2D eigenvalue weighted by molar-refractivity contribution is 0.415. The number of rotatable bonds is 3. The number of ether oxygens (including phenoxy) is 1. The van der Waals surface area contributed by atoms with E-state index in [1.54, 1.807) is 31.5 Å². The Balaban J connectivity index is 2.29. The van der Waals surface area contributed by atoms with E-state index in [4.69, 9.17) is 16.3 Å². The highest BCUT2D eigenvalue weighted by Gasteiger charge is 2.16. The van der Waals surface area contributed by atoms with E-state index in [9.17, 15) is 10.5 Å². The number of allylic oxidation sites excluding steroid dienone is 1. The van der Waals surface area contributed by atoms with E-state index in [1.807, 2.05) is 36.4 Å². The zero-order valence-electron chi connectivity index (χ0n) is 12.8. The lowest BCUT2D eigenvalue weighted by atomic mass is 9.93.